The number of benzene rings is 2. The van der Waals surface area contributed by atoms with Gasteiger partial charge in [-0.3, -0.25) is 4.79 Å². The van der Waals surface area contributed by atoms with E-state index in [-0.39, 0.29) is 24.2 Å². The van der Waals surface area contributed by atoms with Gasteiger partial charge in [0, 0.05) is 37.6 Å². The number of aryl methyl sites for hydroxylation is 1. The van der Waals surface area contributed by atoms with Gasteiger partial charge in [-0.15, -0.1) is 0 Å². The summed E-state index contributed by atoms with van der Waals surface area (Å²) in [5, 5.41) is 22.7. The predicted octanol–water partition coefficient (Wildman–Crippen LogP) is 5.11. The number of nitrogens with zero attached hydrogens (tertiary/aromatic N) is 2. The van der Waals surface area contributed by atoms with Crippen LogP contribution in [0.1, 0.15) is 61.3 Å². The number of ether oxygens (including phenoxy) is 1. The molecule has 2 N–H and O–H groups in total. The van der Waals surface area contributed by atoms with Crippen molar-refractivity contribution < 1.29 is 19.7 Å². The van der Waals surface area contributed by atoms with E-state index in [4.69, 9.17) is 16.3 Å². The number of hydrogen-bond donors (Lipinski definition) is 2. The smallest absolute Gasteiger partial charge is 0.225 e. The summed E-state index contributed by atoms with van der Waals surface area (Å²) in [6.45, 7) is 4.71. The van der Waals surface area contributed by atoms with Crippen molar-refractivity contribution >= 4 is 23.2 Å². The van der Waals surface area contributed by atoms with Gasteiger partial charge in [-0.1, -0.05) is 49.2 Å². The second-order valence-corrected chi connectivity index (χ2v) is 11.6. The van der Waals surface area contributed by atoms with E-state index < -0.39 is 12.2 Å². The standard InChI is InChI=1S/C31H39ClN2O4/c1-3-5-20-14-24(32)9-11-25(20)23-18-34-17-22-7-10-26(22)28(35)6-4-13-33(2)31(37)16-29(36)21-8-12-30(38-19-23)27(34)15-21/h4,6,8-9,11-12,14-15,22-23,26,28-29,35-36H,3,5,7,10,13,16-19H2,1-2H3/b6-4+. The molecule has 5 atom stereocenters. The molecular weight excluding hydrogens is 500 g/mol. The minimum absolute atomic E-state index is 0.00552. The molecule has 0 spiro atoms. The van der Waals surface area contributed by atoms with Gasteiger partial charge in [-0.2, -0.15) is 0 Å². The van der Waals surface area contributed by atoms with Gasteiger partial charge in [0.15, 0.2) is 0 Å². The number of amides is 1. The van der Waals surface area contributed by atoms with Crippen LogP contribution >= 0.6 is 11.6 Å². The Morgan fingerprint density at radius 1 is 1.11 bits per heavy atom. The average Bonchev–Trinajstić information content (AvgIpc) is 3.05. The maximum absolute atomic E-state index is 12.8. The van der Waals surface area contributed by atoms with E-state index in [0.717, 1.165) is 55.2 Å². The highest BCUT2D eigenvalue weighted by atomic mass is 35.5. The first kappa shape index (κ1) is 27.0. The monoisotopic (exact) mass is 538 g/mol. The second kappa shape index (κ2) is 11.7. The number of likely N-dealkylation sites (N-methyl/N-ethyl adjacent to an activating group) is 1. The number of carbonyl (C=O) groups is 1. The van der Waals surface area contributed by atoms with Crippen molar-refractivity contribution in [2.75, 3.05) is 38.2 Å². The second-order valence-electron chi connectivity index (χ2n) is 11.1. The zero-order valence-electron chi connectivity index (χ0n) is 22.4. The van der Waals surface area contributed by atoms with E-state index in [1.165, 1.54) is 11.1 Å². The molecule has 5 unspecified atom stereocenters. The first-order chi connectivity index (χ1) is 18.3. The molecule has 2 aliphatic heterocycles. The van der Waals surface area contributed by atoms with Crippen LogP contribution in [0.25, 0.3) is 0 Å². The third-order valence-corrected chi connectivity index (χ3v) is 8.76. The molecule has 7 heteroatoms. The van der Waals surface area contributed by atoms with Gasteiger partial charge in [0.1, 0.15) is 5.75 Å². The Labute approximate surface area is 230 Å². The van der Waals surface area contributed by atoms with Crippen LogP contribution in [0, 0.1) is 11.8 Å². The van der Waals surface area contributed by atoms with Gasteiger partial charge < -0.3 is 24.7 Å². The zero-order chi connectivity index (χ0) is 26.8. The maximum atomic E-state index is 12.8. The van der Waals surface area contributed by atoms with Crippen LogP contribution in [0.3, 0.4) is 0 Å². The molecule has 204 valence electrons. The van der Waals surface area contributed by atoms with E-state index in [1.54, 1.807) is 11.9 Å². The number of anilines is 1. The lowest BCUT2D eigenvalue weighted by atomic mass is 9.70. The minimum Gasteiger partial charge on any atom is -0.491 e. The minimum atomic E-state index is -0.903. The van der Waals surface area contributed by atoms with Gasteiger partial charge in [0.2, 0.25) is 5.91 Å². The molecule has 0 radical (unpaired) electrons. The first-order valence-electron chi connectivity index (χ1n) is 13.9. The molecule has 1 saturated carbocycles. The molecule has 2 heterocycles. The van der Waals surface area contributed by atoms with Gasteiger partial charge >= 0.3 is 0 Å². The van der Waals surface area contributed by atoms with Crippen molar-refractivity contribution in [3.05, 3.63) is 70.3 Å². The number of aliphatic hydroxyl groups is 2. The third-order valence-electron chi connectivity index (χ3n) is 8.53. The van der Waals surface area contributed by atoms with Crippen molar-refractivity contribution in [2.24, 2.45) is 11.8 Å². The lowest BCUT2D eigenvalue weighted by Gasteiger charge is -2.42. The van der Waals surface area contributed by atoms with Crippen molar-refractivity contribution in [3.63, 3.8) is 0 Å². The lowest BCUT2D eigenvalue weighted by molar-refractivity contribution is -0.131. The quantitative estimate of drug-likeness (QED) is 0.531. The Kier molecular flexibility index (Phi) is 8.32. The summed E-state index contributed by atoms with van der Waals surface area (Å²) in [4.78, 5) is 16.7. The SMILES string of the molecule is CCCc1cc(Cl)ccc1C1COc2ccc3cc2N(C1)CC1CCC1C(O)/C=C/CN(C)C(=O)CC3O. The van der Waals surface area contributed by atoms with Crippen LogP contribution < -0.4 is 9.64 Å². The molecule has 0 saturated heterocycles. The molecule has 1 amide bonds. The fourth-order valence-electron chi connectivity index (χ4n) is 6.13. The van der Waals surface area contributed by atoms with Crippen LogP contribution in [-0.2, 0) is 11.2 Å². The Hall–Kier alpha value is -2.54. The number of hydrogen-bond acceptors (Lipinski definition) is 5. The van der Waals surface area contributed by atoms with Crippen LogP contribution in [-0.4, -0.2) is 60.4 Å². The van der Waals surface area contributed by atoms with E-state index in [1.807, 2.05) is 36.4 Å². The largest absolute Gasteiger partial charge is 0.491 e. The third kappa shape index (κ3) is 5.73. The normalized spacial score (nSPS) is 28.8. The summed E-state index contributed by atoms with van der Waals surface area (Å²) < 4.78 is 6.41. The summed E-state index contributed by atoms with van der Waals surface area (Å²) in [7, 11) is 1.73. The molecule has 1 aliphatic carbocycles. The van der Waals surface area contributed by atoms with Crippen molar-refractivity contribution in [3.8, 4) is 5.75 Å². The Morgan fingerprint density at radius 2 is 1.95 bits per heavy atom. The van der Waals surface area contributed by atoms with Crippen molar-refractivity contribution in [2.45, 2.75) is 57.2 Å². The molecule has 0 aromatic heterocycles. The highest BCUT2D eigenvalue weighted by Gasteiger charge is 2.38. The fourth-order valence-corrected chi connectivity index (χ4v) is 6.33. The number of aliphatic hydroxyl groups excluding tert-OH is 2. The van der Waals surface area contributed by atoms with Crippen molar-refractivity contribution in [1.29, 1.82) is 0 Å². The molecular formula is C31H39ClN2O4. The molecule has 3 aliphatic rings. The summed E-state index contributed by atoms with van der Waals surface area (Å²) in [5.41, 5.74) is 4.19. The van der Waals surface area contributed by atoms with Crippen LogP contribution in [0.2, 0.25) is 5.02 Å². The highest BCUT2D eigenvalue weighted by molar-refractivity contribution is 6.30. The van der Waals surface area contributed by atoms with Gasteiger partial charge in [0.05, 0.1) is 30.9 Å². The van der Waals surface area contributed by atoms with E-state index >= 15 is 0 Å². The molecule has 2 aromatic carbocycles. The molecule has 2 aromatic rings. The van der Waals surface area contributed by atoms with Crippen LogP contribution in [0.4, 0.5) is 5.69 Å². The first-order valence-corrected chi connectivity index (χ1v) is 14.3. The highest BCUT2D eigenvalue weighted by Crippen LogP contribution is 2.43. The fraction of sp³-hybridized carbons (Fsp3) is 0.516. The Balaban J connectivity index is 1.52. The maximum Gasteiger partial charge on any atom is 0.225 e. The van der Waals surface area contributed by atoms with Crippen molar-refractivity contribution in [1.82, 2.24) is 4.90 Å². The van der Waals surface area contributed by atoms with Gasteiger partial charge in [0.25, 0.3) is 0 Å². The molecule has 1 fully saturated rings. The van der Waals surface area contributed by atoms with Crippen LogP contribution in [0.5, 0.6) is 5.75 Å². The van der Waals surface area contributed by atoms with Crippen LogP contribution in [0.15, 0.2) is 48.6 Å². The number of halogens is 1. The molecule has 2 bridgehead atoms. The summed E-state index contributed by atoms with van der Waals surface area (Å²) in [6.07, 6.45) is 6.32. The molecule has 6 nitrogen and oxygen atoms in total. The zero-order valence-corrected chi connectivity index (χ0v) is 23.1. The van der Waals surface area contributed by atoms with Gasteiger partial charge in [-0.05, 0) is 72.1 Å². The Bertz CT molecular complexity index is 1180. The molecule has 38 heavy (non-hydrogen) atoms. The number of carbonyl (C=O) groups excluding carboxylic acids is 1. The van der Waals surface area contributed by atoms with E-state index in [2.05, 4.69) is 24.0 Å². The number of fused-ring (bicyclic) bond motifs is 2. The number of rotatable bonds is 3. The summed E-state index contributed by atoms with van der Waals surface area (Å²) >= 11 is 6.37. The average molecular weight is 539 g/mol. The summed E-state index contributed by atoms with van der Waals surface area (Å²) in [6, 6.07) is 12.0. The lowest BCUT2D eigenvalue weighted by Crippen LogP contribution is -2.44. The topological polar surface area (TPSA) is 73.2 Å². The molecule has 5 rings (SSSR count). The van der Waals surface area contributed by atoms with E-state index in [0.29, 0.717) is 24.6 Å². The predicted molar refractivity (Wildman–Crippen MR) is 151 cm³/mol. The Morgan fingerprint density at radius 3 is 2.71 bits per heavy atom. The summed E-state index contributed by atoms with van der Waals surface area (Å²) in [5.74, 6) is 1.33. The van der Waals surface area contributed by atoms with Gasteiger partial charge in [-0.25, -0.2) is 0 Å². The van der Waals surface area contributed by atoms with E-state index in [9.17, 15) is 15.0 Å².